The quantitative estimate of drug-likeness (QED) is 0.570. The Kier molecular flexibility index (Phi) is 7.23. The van der Waals surface area contributed by atoms with Crippen LogP contribution in [0.25, 0.3) is 6.08 Å². The van der Waals surface area contributed by atoms with Gasteiger partial charge in [0.2, 0.25) is 11.8 Å². The van der Waals surface area contributed by atoms with Gasteiger partial charge in [-0.05, 0) is 49.1 Å². The molecule has 0 saturated carbocycles. The molecule has 162 valence electrons. The number of esters is 1. The zero-order valence-corrected chi connectivity index (χ0v) is 18.0. The summed E-state index contributed by atoms with van der Waals surface area (Å²) < 4.78 is 4.88. The van der Waals surface area contributed by atoms with Gasteiger partial charge in [-0.2, -0.15) is 0 Å². The molecule has 0 atom stereocenters. The average Bonchev–Trinajstić information content (AvgIpc) is 2.79. The first kappa shape index (κ1) is 22.3. The molecule has 0 radical (unpaired) electrons. The van der Waals surface area contributed by atoms with Gasteiger partial charge in [0.15, 0.2) is 0 Å². The number of amides is 2. The Morgan fingerprint density at radius 1 is 1.03 bits per heavy atom. The molecule has 1 saturated heterocycles. The van der Waals surface area contributed by atoms with Gasteiger partial charge < -0.3 is 15.0 Å². The van der Waals surface area contributed by atoms with E-state index in [0.717, 1.165) is 11.1 Å². The summed E-state index contributed by atoms with van der Waals surface area (Å²) in [6, 6.07) is 17.1. The summed E-state index contributed by atoms with van der Waals surface area (Å²) in [4.78, 5) is 38.4. The predicted octanol–water partition coefficient (Wildman–Crippen LogP) is 3.78. The van der Waals surface area contributed by atoms with Crippen molar-refractivity contribution >= 4 is 29.5 Å². The Balaban J connectivity index is 1.75. The third-order valence-electron chi connectivity index (χ3n) is 5.69. The average molecular weight is 421 g/mol. The van der Waals surface area contributed by atoms with Gasteiger partial charge in [-0.15, -0.1) is 0 Å². The molecular formula is C25H28N2O4. The van der Waals surface area contributed by atoms with E-state index in [1.165, 1.54) is 6.08 Å². The van der Waals surface area contributed by atoms with Gasteiger partial charge in [-0.3, -0.25) is 9.59 Å². The van der Waals surface area contributed by atoms with Crippen LogP contribution in [0.5, 0.6) is 0 Å². The molecule has 3 rings (SSSR count). The van der Waals surface area contributed by atoms with E-state index in [-0.39, 0.29) is 17.8 Å². The third-order valence-corrected chi connectivity index (χ3v) is 5.69. The smallest absolute Gasteiger partial charge is 0.330 e. The topological polar surface area (TPSA) is 75.7 Å². The van der Waals surface area contributed by atoms with Crippen LogP contribution in [-0.4, -0.2) is 42.4 Å². The van der Waals surface area contributed by atoms with Crippen LogP contribution in [0.15, 0.2) is 60.7 Å². The normalized spacial score (nSPS) is 15.5. The van der Waals surface area contributed by atoms with E-state index in [1.54, 1.807) is 24.8 Å². The number of hydrogen-bond acceptors (Lipinski definition) is 4. The molecule has 1 fully saturated rings. The lowest BCUT2D eigenvalue weighted by Crippen LogP contribution is -2.50. The first-order valence-electron chi connectivity index (χ1n) is 10.5. The second-order valence-corrected chi connectivity index (χ2v) is 7.62. The maximum Gasteiger partial charge on any atom is 0.330 e. The van der Waals surface area contributed by atoms with Crippen LogP contribution >= 0.6 is 0 Å². The van der Waals surface area contributed by atoms with Gasteiger partial charge in [-0.25, -0.2) is 4.79 Å². The highest BCUT2D eigenvalue weighted by atomic mass is 16.5. The molecule has 2 amide bonds. The van der Waals surface area contributed by atoms with Crippen molar-refractivity contribution in [3.63, 3.8) is 0 Å². The number of nitrogens with zero attached hydrogens (tertiary/aromatic N) is 1. The molecule has 0 unspecified atom stereocenters. The van der Waals surface area contributed by atoms with Gasteiger partial charge in [0.25, 0.3) is 0 Å². The van der Waals surface area contributed by atoms with Crippen molar-refractivity contribution < 1.29 is 19.1 Å². The fraction of sp³-hybridized carbons (Fsp3) is 0.320. The molecule has 6 heteroatoms. The van der Waals surface area contributed by atoms with Gasteiger partial charge in [0.05, 0.1) is 12.0 Å². The molecule has 0 aromatic heterocycles. The largest absolute Gasteiger partial charge is 0.463 e. The standard InChI is InChI=1S/C25H28N2O4/c1-3-31-23(29)14-11-20-9-12-22(13-10-20)26-24(30)25(21-7-5-4-6-8-21)15-17-27(18-16-25)19(2)28/h4-14H,3,15-18H2,1-2H3,(H,26,30). The van der Waals surface area contributed by atoms with Gasteiger partial charge in [0.1, 0.15) is 0 Å². The Bertz CT molecular complexity index is 943. The number of nitrogens with one attached hydrogen (secondary N) is 1. The number of benzene rings is 2. The molecule has 6 nitrogen and oxygen atoms in total. The van der Waals surface area contributed by atoms with Crippen LogP contribution in [0.4, 0.5) is 5.69 Å². The zero-order chi connectivity index (χ0) is 22.3. The first-order valence-corrected chi connectivity index (χ1v) is 10.5. The fourth-order valence-electron chi connectivity index (χ4n) is 3.89. The van der Waals surface area contributed by atoms with Crippen molar-refractivity contribution in [2.24, 2.45) is 0 Å². The zero-order valence-electron chi connectivity index (χ0n) is 18.0. The van der Waals surface area contributed by atoms with Gasteiger partial charge >= 0.3 is 5.97 Å². The molecular weight excluding hydrogens is 392 g/mol. The van der Waals surface area contributed by atoms with E-state index < -0.39 is 5.41 Å². The molecule has 0 aliphatic carbocycles. The molecule has 31 heavy (non-hydrogen) atoms. The Hall–Kier alpha value is -3.41. The summed E-state index contributed by atoms with van der Waals surface area (Å²) in [6.45, 7) is 4.76. The number of anilines is 1. The fourth-order valence-corrected chi connectivity index (χ4v) is 3.89. The number of piperidine rings is 1. The van der Waals surface area contributed by atoms with Gasteiger partial charge in [0, 0.05) is 31.8 Å². The lowest BCUT2D eigenvalue weighted by atomic mass is 9.72. The van der Waals surface area contributed by atoms with Crippen LogP contribution in [0, 0.1) is 0 Å². The molecule has 1 aliphatic heterocycles. The Morgan fingerprint density at radius 3 is 2.26 bits per heavy atom. The van der Waals surface area contributed by atoms with Crippen molar-refractivity contribution in [2.45, 2.75) is 32.1 Å². The summed E-state index contributed by atoms with van der Waals surface area (Å²) in [5.74, 6) is -0.424. The SMILES string of the molecule is CCOC(=O)C=Cc1ccc(NC(=O)C2(c3ccccc3)CCN(C(C)=O)CC2)cc1. The Labute approximate surface area is 182 Å². The van der Waals surface area contributed by atoms with Crippen LogP contribution in [0.1, 0.15) is 37.8 Å². The highest BCUT2D eigenvalue weighted by Crippen LogP contribution is 2.37. The third kappa shape index (κ3) is 5.40. The predicted molar refractivity (Wildman–Crippen MR) is 120 cm³/mol. The number of rotatable bonds is 6. The Morgan fingerprint density at radius 2 is 1.68 bits per heavy atom. The highest BCUT2D eigenvalue weighted by Gasteiger charge is 2.43. The van der Waals surface area contributed by atoms with Crippen molar-refractivity contribution in [1.82, 2.24) is 4.90 Å². The minimum Gasteiger partial charge on any atom is -0.463 e. The number of ether oxygens (including phenoxy) is 1. The van der Waals surface area contributed by atoms with Crippen LogP contribution in [-0.2, 0) is 24.5 Å². The monoisotopic (exact) mass is 420 g/mol. The molecule has 1 heterocycles. The summed E-state index contributed by atoms with van der Waals surface area (Å²) in [5, 5.41) is 3.05. The van der Waals surface area contributed by atoms with Crippen molar-refractivity contribution in [1.29, 1.82) is 0 Å². The summed E-state index contributed by atoms with van der Waals surface area (Å²) in [7, 11) is 0. The number of likely N-dealkylation sites (tertiary alicyclic amines) is 1. The maximum atomic E-state index is 13.4. The maximum absolute atomic E-state index is 13.4. The first-order chi connectivity index (χ1) is 14.9. The second-order valence-electron chi connectivity index (χ2n) is 7.62. The van der Waals surface area contributed by atoms with Crippen molar-refractivity contribution in [3.8, 4) is 0 Å². The van der Waals surface area contributed by atoms with Crippen LogP contribution in [0.2, 0.25) is 0 Å². The summed E-state index contributed by atoms with van der Waals surface area (Å²) >= 11 is 0. The molecule has 1 aliphatic rings. The summed E-state index contributed by atoms with van der Waals surface area (Å²) in [6.07, 6.45) is 4.20. The van der Waals surface area contributed by atoms with Gasteiger partial charge in [-0.1, -0.05) is 42.5 Å². The van der Waals surface area contributed by atoms with Crippen LogP contribution in [0.3, 0.4) is 0 Å². The highest BCUT2D eigenvalue weighted by molar-refractivity contribution is 5.99. The lowest BCUT2D eigenvalue weighted by molar-refractivity contribution is -0.137. The molecule has 0 spiro atoms. The minimum atomic E-state index is -0.685. The number of carbonyl (C=O) groups is 3. The van der Waals surface area contributed by atoms with Crippen LogP contribution < -0.4 is 5.32 Å². The molecule has 2 aromatic carbocycles. The van der Waals surface area contributed by atoms with E-state index in [2.05, 4.69) is 5.32 Å². The molecule has 1 N–H and O–H groups in total. The van der Waals surface area contributed by atoms with Crippen molar-refractivity contribution in [2.75, 3.05) is 25.0 Å². The molecule has 0 bridgehead atoms. The van der Waals surface area contributed by atoms with E-state index in [4.69, 9.17) is 4.74 Å². The lowest BCUT2D eigenvalue weighted by Gasteiger charge is -2.40. The molecule has 2 aromatic rings. The summed E-state index contributed by atoms with van der Waals surface area (Å²) in [5.41, 5.74) is 1.79. The van der Waals surface area contributed by atoms with E-state index in [1.807, 2.05) is 54.6 Å². The second kappa shape index (κ2) is 10.1. The van der Waals surface area contributed by atoms with Crippen molar-refractivity contribution in [3.05, 3.63) is 71.8 Å². The number of carbonyl (C=O) groups excluding carboxylic acids is 3. The van der Waals surface area contributed by atoms with E-state index in [0.29, 0.717) is 38.2 Å². The number of hydrogen-bond donors (Lipinski definition) is 1. The van der Waals surface area contributed by atoms with E-state index >= 15 is 0 Å². The van der Waals surface area contributed by atoms with E-state index in [9.17, 15) is 14.4 Å². The minimum absolute atomic E-state index is 0.0357.